The van der Waals surface area contributed by atoms with Crippen LogP contribution in [0.1, 0.15) is 25.0 Å². The van der Waals surface area contributed by atoms with Crippen molar-refractivity contribution in [3.8, 4) is 0 Å². The van der Waals surface area contributed by atoms with Crippen LogP contribution in [0.3, 0.4) is 0 Å². The lowest BCUT2D eigenvalue weighted by Gasteiger charge is -2.45. The van der Waals surface area contributed by atoms with Gasteiger partial charge >= 0.3 is 0 Å². The fourth-order valence-corrected chi connectivity index (χ4v) is 4.04. The van der Waals surface area contributed by atoms with E-state index in [4.69, 9.17) is 4.42 Å². The molecule has 1 aliphatic rings. The van der Waals surface area contributed by atoms with Crippen molar-refractivity contribution < 1.29 is 4.42 Å². The molecule has 0 radical (unpaired) electrons. The minimum absolute atomic E-state index is 0.494. The first-order valence-electron chi connectivity index (χ1n) is 9.15. The highest BCUT2D eigenvalue weighted by Crippen LogP contribution is 2.28. The zero-order valence-electron chi connectivity index (χ0n) is 15.3. The largest absolute Gasteiger partial charge is 0.464 e. The number of anilines is 1. The van der Waals surface area contributed by atoms with Crippen LogP contribution in [0, 0.1) is 6.92 Å². The van der Waals surface area contributed by atoms with Crippen molar-refractivity contribution in [2.75, 3.05) is 18.0 Å². The molecule has 1 saturated heterocycles. The third-order valence-corrected chi connectivity index (χ3v) is 5.47. The summed E-state index contributed by atoms with van der Waals surface area (Å²) in [7, 11) is 0. The highest BCUT2D eigenvalue weighted by molar-refractivity contribution is 5.80. The molecule has 0 saturated carbocycles. The summed E-state index contributed by atoms with van der Waals surface area (Å²) >= 11 is 0. The van der Waals surface area contributed by atoms with Gasteiger partial charge in [-0.25, -0.2) is 0 Å². The van der Waals surface area contributed by atoms with E-state index in [0.29, 0.717) is 12.1 Å². The van der Waals surface area contributed by atoms with Crippen LogP contribution in [0.25, 0.3) is 11.0 Å². The summed E-state index contributed by atoms with van der Waals surface area (Å²) in [4.78, 5) is 5.14. The van der Waals surface area contributed by atoms with Gasteiger partial charge in [0.2, 0.25) is 0 Å². The van der Waals surface area contributed by atoms with E-state index in [0.717, 1.165) is 25.2 Å². The van der Waals surface area contributed by atoms with E-state index < -0.39 is 0 Å². The number of aryl methyl sites for hydroxylation is 1. The summed E-state index contributed by atoms with van der Waals surface area (Å²) in [5.41, 5.74) is 5.04. The van der Waals surface area contributed by atoms with Gasteiger partial charge < -0.3 is 9.32 Å². The molecule has 0 unspecified atom stereocenters. The van der Waals surface area contributed by atoms with Gasteiger partial charge in [0.05, 0.1) is 6.26 Å². The molecule has 0 aliphatic carbocycles. The summed E-state index contributed by atoms with van der Waals surface area (Å²) in [6, 6.07) is 18.2. The smallest absolute Gasteiger partial charge is 0.138 e. The molecule has 2 heterocycles. The second-order valence-corrected chi connectivity index (χ2v) is 7.32. The molecule has 2 aromatic carbocycles. The van der Waals surface area contributed by atoms with Gasteiger partial charge in [0, 0.05) is 48.4 Å². The molecule has 3 heteroatoms. The van der Waals surface area contributed by atoms with Crippen molar-refractivity contribution in [1.82, 2.24) is 4.90 Å². The Hall–Kier alpha value is -2.26. The van der Waals surface area contributed by atoms with E-state index in [9.17, 15) is 0 Å². The maximum Gasteiger partial charge on any atom is 0.138 e. The van der Waals surface area contributed by atoms with Crippen molar-refractivity contribution in [3.05, 3.63) is 65.9 Å². The van der Waals surface area contributed by atoms with E-state index in [1.54, 1.807) is 6.26 Å². The summed E-state index contributed by atoms with van der Waals surface area (Å²) < 4.78 is 5.72. The zero-order chi connectivity index (χ0) is 17.4. The molecule has 3 nitrogen and oxygen atoms in total. The van der Waals surface area contributed by atoms with Crippen molar-refractivity contribution in [2.45, 2.75) is 39.4 Å². The summed E-state index contributed by atoms with van der Waals surface area (Å²) in [5.74, 6) is 0. The van der Waals surface area contributed by atoms with E-state index in [1.165, 1.54) is 22.2 Å². The quantitative estimate of drug-likeness (QED) is 0.683. The highest BCUT2D eigenvalue weighted by atomic mass is 16.3. The fourth-order valence-electron chi connectivity index (χ4n) is 4.04. The monoisotopic (exact) mass is 334 g/mol. The number of furan rings is 1. The predicted molar refractivity (Wildman–Crippen MR) is 104 cm³/mol. The average molecular weight is 334 g/mol. The molecular weight excluding hydrogens is 308 g/mol. The first kappa shape index (κ1) is 16.2. The molecule has 0 amide bonds. The lowest BCUT2D eigenvalue weighted by atomic mass is 10.0. The predicted octanol–water partition coefficient (Wildman–Crippen LogP) is 4.84. The Balaban J connectivity index is 1.54. The minimum atomic E-state index is 0.494. The third-order valence-electron chi connectivity index (χ3n) is 5.47. The molecular formula is C22H26N2O. The number of piperazine rings is 1. The van der Waals surface area contributed by atoms with Crippen molar-refractivity contribution >= 4 is 16.7 Å². The van der Waals surface area contributed by atoms with Crippen LogP contribution >= 0.6 is 0 Å². The number of hydrogen-bond acceptors (Lipinski definition) is 3. The molecule has 0 bridgehead atoms. The van der Waals surface area contributed by atoms with E-state index in [-0.39, 0.29) is 0 Å². The van der Waals surface area contributed by atoms with E-state index >= 15 is 0 Å². The van der Waals surface area contributed by atoms with Gasteiger partial charge in [0.25, 0.3) is 0 Å². The number of hydrogen-bond donors (Lipinski definition) is 0. The number of para-hydroxylation sites is 2. The zero-order valence-corrected chi connectivity index (χ0v) is 15.3. The number of benzene rings is 2. The van der Waals surface area contributed by atoms with Crippen LogP contribution in [0.2, 0.25) is 0 Å². The highest BCUT2D eigenvalue weighted by Gasteiger charge is 2.30. The maximum absolute atomic E-state index is 5.72. The molecule has 3 aromatic rings. The Labute approximate surface area is 149 Å². The van der Waals surface area contributed by atoms with Crippen molar-refractivity contribution in [2.24, 2.45) is 0 Å². The summed E-state index contributed by atoms with van der Waals surface area (Å²) in [6.45, 7) is 9.93. The summed E-state index contributed by atoms with van der Waals surface area (Å²) in [6.07, 6.45) is 1.79. The van der Waals surface area contributed by atoms with Crippen molar-refractivity contribution in [3.63, 3.8) is 0 Å². The van der Waals surface area contributed by atoms with Crippen molar-refractivity contribution in [1.29, 1.82) is 0 Å². The Morgan fingerprint density at radius 2 is 1.80 bits per heavy atom. The van der Waals surface area contributed by atoms with Gasteiger partial charge in [-0.2, -0.15) is 0 Å². The normalized spacial score (nSPS) is 21.8. The van der Waals surface area contributed by atoms with Gasteiger partial charge in [-0.15, -0.1) is 0 Å². The molecule has 1 aromatic heterocycles. The van der Waals surface area contributed by atoms with Gasteiger partial charge in [-0.05, 0) is 38.5 Å². The molecule has 1 fully saturated rings. The number of nitrogens with zero attached hydrogens (tertiary/aromatic N) is 2. The van der Waals surface area contributed by atoms with Gasteiger partial charge in [0.15, 0.2) is 0 Å². The van der Waals surface area contributed by atoms with Crippen LogP contribution in [0.5, 0.6) is 0 Å². The molecule has 4 rings (SSSR count). The Kier molecular flexibility index (Phi) is 4.26. The van der Waals surface area contributed by atoms with Crippen LogP contribution in [0.15, 0.2) is 59.2 Å². The molecule has 1 aliphatic heterocycles. The second-order valence-electron chi connectivity index (χ2n) is 7.32. The standard InChI is InChI=1S/C22H26N2O/c1-16-7-4-5-10-21(16)24-14-17(2)23(13-18(24)3)15-20-9-6-8-19-11-12-25-22(19)20/h4-12,17-18H,13-15H2,1-3H3/t17-,18+/m1/s1. The molecule has 2 atom stereocenters. The Morgan fingerprint density at radius 1 is 0.960 bits per heavy atom. The van der Waals surface area contributed by atoms with E-state index in [1.807, 2.05) is 6.07 Å². The first-order chi connectivity index (χ1) is 12.1. The van der Waals surface area contributed by atoms with Gasteiger partial charge in [-0.1, -0.05) is 36.4 Å². The number of fused-ring (bicyclic) bond motifs is 1. The van der Waals surface area contributed by atoms with Gasteiger partial charge in [0.1, 0.15) is 5.58 Å². The Bertz CT molecular complexity index is 869. The van der Waals surface area contributed by atoms with Crippen LogP contribution in [-0.4, -0.2) is 30.1 Å². The molecule has 25 heavy (non-hydrogen) atoms. The maximum atomic E-state index is 5.72. The third kappa shape index (κ3) is 3.05. The molecule has 0 N–H and O–H groups in total. The van der Waals surface area contributed by atoms with Crippen LogP contribution < -0.4 is 4.90 Å². The lowest BCUT2D eigenvalue weighted by molar-refractivity contribution is 0.158. The van der Waals surface area contributed by atoms with Crippen LogP contribution in [-0.2, 0) is 6.54 Å². The molecule has 130 valence electrons. The minimum Gasteiger partial charge on any atom is -0.464 e. The van der Waals surface area contributed by atoms with Crippen LogP contribution in [0.4, 0.5) is 5.69 Å². The Morgan fingerprint density at radius 3 is 2.64 bits per heavy atom. The van der Waals surface area contributed by atoms with E-state index in [2.05, 4.69) is 73.0 Å². The second kappa shape index (κ2) is 6.57. The van der Waals surface area contributed by atoms with Gasteiger partial charge in [-0.3, -0.25) is 4.90 Å². The first-order valence-corrected chi connectivity index (χ1v) is 9.15. The SMILES string of the molecule is Cc1ccccc1N1C[C@@H](C)N(Cc2cccc3ccoc23)C[C@@H]1C. The number of rotatable bonds is 3. The lowest BCUT2D eigenvalue weighted by Crippen LogP contribution is -2.56. The summed E-state index contributed by atoms with van der Waals surface area (Å²) in [5, 5.41) is 1.19. The average Bonchev–Trinajstić information content (AvgIpc) is 3.08. The molecule has 0 spiro atoms. The fraction of sp³-hybridized carbons (Fsp3) is 0.364. The topological polar surface area (TPSA) is 19.6 Å².